The molecule has 49 heavy (non-hydrogen) atoms. The van der Waals surface area contributed by atoms with Gasteiger partial charge in [-0.15, -0.1) is 13.2 Å². The number of hydrogen-bond acceptors (Lipinski definition) is 8. The molecule has 1 unspecified atom stereocenters. The highest BCUT2D eigenvalue weighted by atomic mass is 79.9. The molecule has 2 bridgehead atoms. The zero-order chi connectivity index (χ0) is 35.6. The molecular formula is C37H52BrN3O8. The van der Waals surface area contributed by atoms with Crippen molar-refractivity contribution >= 4 is 39.6 Å². The fraction of sp³-hybridized carbons (Fsp3) is 0.622. The van der Waals surface area contributed by atoms with E-state index in [4.69, 9.17) is 14.2 Å². The molecule has 0 aromatic heterocycles. The zero-order valence-corrected chi connectivity index (χ0v) is 30.4. The molecule has 0 radical (unpaired) electrons. The van der Waals surface area contributed by atoms with Crippen LogP contribution in [0, 0.1) is 11.8 Å². The molecule has 0 aliphatic carbocycles. The number of aliphatic hydroxyl groups is 1. The number of aliphatic hydroxyl groups excluding tert-OH is 1. The largest absolute Gasteiger partial charge is 0.455 e. The molecule has 1 spiro atoms. The molecule has 3 aliphatic heterocycles. The molecule has 3 amide bonds. The van der Waals surface area contributed by atoms with Crippen LogP contribution in [0.4, 0.5) is 0 Å². The minimum atomic E-state index is -1.23. The lowest BCUT2D eigenvalue weighted by molar-refractivity contribution is -0.163. The predicted octanol–water partition coefficient (Wildman–Crippen LogP) is 4.09. The minimum Gasteiger partial charge on any atom is -0.455 e. The van der Waals surface area contributed by atoms with Gasteiger partial charge in [0.25, 0.3) is 0 Å². The average molecular weight is 747 g/mol. The summed E-state index contributed by atoms with van der Waals surface area (Å²) in [4.78, 5) is 59.3. The molecule has 3 aliphatic rings. The number of ether oxygens (including phenoxy) is 3. The van der Waals surface area contributed by atoms with Crippen LogP contribution in [0.25, 0.3) is 0 Å². The lowest BCUT2D eigenvalue weighted by Crippen LogP contribution is -2.57. The summed E-state index contributed by atoms with van der Waals surface area (Å²) in [5.74, 6) is -3.31. The van der Waals surface area contributed by atoms with Gasteiger partial charge in [0.05, 0.1) is 30.6 Å². The summed E-state index contributed by atoms with van der Waals surface area (Å²) in [6.45, 7) is 10.8. The highest BCUT2D eigenvalue weighted by Crippen LogP contribution is 2.60. The van der Waals surface area contributed by atoms with Crippen molar-refractivity contribution in [2.45, 2.75) is 93.0 Å². The summed E-state index contributed by atoms with van der Waals surface area (Å²) in [5.41, 5.74) is -0.574. The van der Waals surface area contributed by atoms with Crippen molar-refractivity contribution in [3.05, 3.63) is 61.2 Å². The Balaban J connectivity index is 1.70. The number of amides is 3. The molecule has 2 N–H and O–H groups in total. The highest BCUT2D eigenvalue weighted by Gasteiger charge is 2.77. The van der Waals surface area contributed by atoms with Gasteiger partial charge in [-0.1, -0.05) is 71.8 Å². The molecule has 11 nitrogen and oxygen atoms in total. The molecule has 3 heterocycles. The second-order valence-corrected chi connectivity index (χ2v) is 14.3. The van der Waals surface area contributed by atoms with E-state index in [1.165, 1.54) is 7.11 Å². The third-order valence-electron chi connectivity index (χ3n) is 9.80. The first-order valence-electron chi connectivity index (χ1n) is 17.5. The Labute approximate surface area is 298 Å². The van der Waals surface area contributed by atoms with Crippen molar-refractivity contribution in [1.82, 2.24) is 15.1 Å². The number of carbonyl (C=O) groups excluding carboxylic acids is 4. The second-order valence-electron chi connectivity index (χ2n) is 13.1. The predicted molar refractivity (Wildman–Crippen MR) is 189 cm³/mol. The van der Waals surface area contributed by atoms with E-state index in [0.29, 0.717) is 57.3 Å². The molecule has 8 atom stereocenters. The van der Waals surface area contributed by atoms with Gasteiger partial charge >= 0.3 is 5.97 Å². The van der Waals surface area contributed by atoms with E-state index in [0.717, 1.165) is 12.8 Å². The number of fused-ring (bicyclic) bond motifs is 1. The van der Waals surface area contributed by atoms with E-state index in [1.807, 2.05) is 30.3 Å². The number of unbranched alkanes of at least 4 members (excludes halogenated alkanes) is 3. The summed E-state index contributed by atoms with van der Waals surface area (Å²) >= 11 is 3.74. The van der Waals surface area contributed by atoms with Crippen LogP contribution in [-0.2, 0) is 33.4 Å². The maximum Gasteiger partial charge on any atom is 0.313 e. The number of methoxy groups -OCH3 is 1. The summed E-state index contributed by atoms with van der Waals surface area (Å²) in [5, 5.41) is 12.3. The Hall–Kier alpha value is -3.06. The van der Waals surface area contributed by atoms with Crippen LogP contribution < -0.4 is 5.32 Å². The molecule has 4 rings (SSSR count). The van der Waals surface area contributed by atoms with Crippen LogP contribution in [0.15, 0.2) is 55.6 Å². The van der Waals surface area contributed by atoms with Crippen molar-refractivity contribution in [2.75, 3.05) is 40.0 Å². The number of hydrogen-bond donors (Lipinski definition) is 2. The fourth-order valence-corrected chi connectivity index (χ4v) is 8.53. The molecule has 12 heteroatoms. The second kappa shape index (κ2) is 18.3. The van der Waals surface area contributed by atoms with Crippen LogP contribution in [-0.4, -0.2) is 107 Å². The van der Waals surface area contributed by atoms with Crippen molar-refractivity contribution in [3.8, 4) is 0 Å². The third kappa shape index (κ3) is 8.46. The van der Waals surface area contributed by atoms with Gasteiger partial charge < -0.3 is 34.4 Å². The number of rotatable bonds is 21. The summed E-state index contributed by atoms with van der Waals surface area (Å²) < 4.78 is 18.5. The van der Waals surface area contributed by atoms with E-state index in [1.54, 1.807) is 22.0 Å². The number of carbonyl (C=O) groups is 4. The Morgan fingerprint density at radius 3 is 2.59 bits per heavy atom. The summed E-state index contributed by atoms with van der Waals surface area (Å²) in [6.07, 6.45) is 6.33. The average Bonchev–Trinajstić information content (AvgIpc) is 3.69. The Morgan fingerprint density at radius 1 is 1.18 bits per heavy atom. The first kappa shape index (κ1) is 38.7. The Morgan fingerprint density at radius 2 is 1.94 bits per heavy atom. The standard InChI is InChI=1S/C37H52BrN3O8/c1-5-8-18-28(43)39-27(24-47-4)31(25-16-12-10-13-17-25)48-36(46)29-30-34(44)41(21-14-11-15-22-42)33(37(30)23-26(38)32(29)49-37)35(45)40(19-7-3)20-9-6-2/h5,7,10,12-13,16-17,26-27,29-33,42H,1,3,6,8-9,11,14-15,18-24H2,2,4H3,(H,39,43)/t26?,27-,29+,30-,31-,32+,33+,37-/m1/s1. The van der Waals surface area contributed by atoms with Crippen molar-refractivity contribution in [1.29, 1.82) is 0 Å². The summed E-state index contributed by atoms with van der Waals surface area (Å²) in [6, 6.07) is 7.48. The van der Waals surface area contributed by atoms with Gasteiger partial charge in [0.15, 0.2) is 0 Å². The smallest absolute Gasteiger partial charge is 0.313 e. The molecule has 270 valence electrons. The van der Waals surface area contributed by atoms with Crippen LogP contribution >= 0.6 is 15.9 Å². The SMILES string of the molecule is C=CCCC(=O)N[C@H](COC)[C@H](OC(=O)[C@@H]1[C@H]2O[C@@]3(CC2Br)[C@H](C(=O)N(CC=C)CCCC)N(CCCCCO)C(=O)[C@@H]13)c1ccccc1. The number of halogens is 1. The highest BCUT2D eigenvalue weighted by molar-refractivity contribution is 9.09. The maximum absolute atomic E-state index is 14.5. The number of benzene rings is 1. The van der Waals surface area contributed by atoms with E-state index in [2.05, 4.69) is 41.3 Å². The lowest BCUT2D eigenvalue weighted by Gasteiger charge is -2.37. The van der Waals surface area contributed by atoms with E-state index in [9.17, 15) is 24.3 Å². The maximum atomic E-state index is 14.5. The quantitative estimate of drug-likeness (QED) is 0.0832. The normalized spacial score (nSPS) is 26.6. The number of nitrogens with one attached hydrogen (secondary N) is 1. The van der Waals surface area contributed by atoms with Crippen LogP contribution in [0.3, 0.4) is 0 Å². The van der Waals surface area contributed by atoms with Gasteiger partial charge in [0.1, 0.15) is 17.7 Å². The van der Waals surface area contributed by atoms with Gasteiger partial charge in [-0.3, -0.25) is 19.2 Å². The van der Waals surface area contributed by atoms with Crippen LogP contribution in [0.2, 0.25) is 0 Å². The number of alkyl halides is 1. The number of esters is 1. The van der Waals surface area contributed by atoms with E-state index in [-0.39, 0.29) is 42.2 Å². The number of allylic oxidation sites excluding steroid dienone is 1. The topological polar surface area (TPSA) is 135 Å². The van der Waals surface area contributed by atoms with Gasteiger partial charge in [-0.05, 0) is 44.1 Å². The molecule has 0 saturated carbocycles. The molecular weight excluding hydrogens is 694 g/mol. The van der Waals surface area contributed by atoms with Crippen molar-refractivity contribution in [2.24, 2.45) is 11.8 Å². The van der Waals surface area contributed by atoms with E-state index < -0.39 is 47.7 Å². The third-order valence-corrected chi connectivity index (χ3v) is 10.6. The summed E-state index contributed by atoms with van der Waals surface area (Å²) in [7, 11) is 1.51. The number of likely N-dealkylation sites (tertiary alicyclic amines) is 1. The fourth-order valence-electron chi connectivity index (χ4n) is 7.58. The zero-order valence-electron chi connectivity index (χ0n) is 28.8. The van der Waals surface area contributed by atoms with Crippen molar-refractivity contribution in [3.63, 3.8) is 0 Å². The lowest BCUT2D eigenvalue weighted by atomic mass is 9.70. The van der Waals surface area contributed by atoms with Crippen molar-refractivity contribution < 1.29 is 38.5 Å². The molecule has 3 fully saturated rings. The van der Waals surface area contributed by atoms with Gasteiger partial charge in [0.2, 0.25) is 17.7 Å². The van der Waals surface area contributed by atoms with Gasteiger partial charge in [-0.25, -0.2) is 0 Å². The number of nitrogens with zero attached hydrogens (tertiary/aromatic N) is 2. The van der Waals surface area contributed by atoms with Gasteiger partial charge in [0, 0.05) is 44.6 Å². The Kier molecular flexibility index (Phi) is 14.4. The molecule has 1 aromatic carbocycles. The van der Waals surface area contributed by atoms with Crippen LogP contribution in [0.5, 0.6) is 0 Å². The first-order chi connectivity index (χ1) is 23.7. The molecule has 3 saturated heterocycles. The molecule has 1 aromatic rings. The monoisotopic (exact) mass is 745 g/mol. The van der Waals surface area contributed by atoms with Crippen LogP contribution in [0.1, 0.15) is 70.0 Å². The van der Waals surface area contributed by atoms with E-state index >= 15 is 0 Å². The Bertz CT molecular complexity index is 1310. The minimum absolute atomic E-state index is 0.0400. The van der Waals surface area contributed by atoms with Gasteiger partial charge in [-0.2, -0.15) is 0 Å². The first-order valence-corrected chi connectivity index (χ1v) is 18.4.